The lowest BCUT2D eigenvalue weighted by Crippen LogP contribution is -2.40. The second kappa shape index (κ2) is 8.43. The predicted molar refractivity (Wildman–Crippen MR) is 116 cm³/mol. The lowest BCUT2D eigenvalue weighted by Gasteiger charge is -2.20. The molecular weight excluding hydrogens is 436 g/mol. The van der Waals surface area contributed by atoms with Gasteiger partial charge in [0.1, 0.15) is 18.4 Å². The van der Waals surface area contributed by atoms with Crippen molar-refractivity contribution in [2.75, 3.05) is 6.61 Å². The van der Waals surface area contributed by atoms with E-state index in [0.717, 1.165) is 6.04 Å². The van der Waals surface area contributed by atoms with E-state index in [1.807, 2.05) is 0 Å². The Morgan fingerprint density at radius 3 is 2.47 bits per heavy atom. The number of carbonyl (C=O) groups excluding carboxylic acids is 4. The van der Waals surface area contributed by atoms with Crippen molar-refractivity contribution in [2.24, 2.45) is 11.5 Å². The van der Waals surface area contributed by atoms with E-state index in [-0.39, 0.29) is 46.9 Å². The van der Waals surface area contributed by atoms with Crippen molar-refractivity contribution in [1.82, 2.24) is 9.88 Å². The summed E-state index contributed by atoms with van der Waals surface area (Å²) in [5.41, 5.74) is 11.1. The van der Waals surface area contributed by atoms with Crippen LogP contribution < -0.4 is 16.8 Å². The van der Waals surface area contributed by atoms with Crippen molar-refractivity contribution in [3.05, 3.63) is 33.8 Å². The van der Waals surface area contributed by atoms with E-state index < -0.39 is 50.6 Å². The smallest absolute Gasteiger partial charge is 0.407 e. The van der Waals surface area contributed by atoms with E-state index in [9.17, 15) is 24.3 Å². The number of amides is 2. The predicted octanol–water partition coefficient (Wildman–Crippen LogP) is 1.18. The van der Waals surface area contributed by atoms with Crippen LogP contribution in [-0.2, 0) is 22.6 Å². The molecule has 0 radical (unpaired) electrons. The van der Waals surface area contributed by atoms with Crippen LogP contribution in [0.2, 0.25) is 25.7 Å². The largest absolute Gasteiger partial charge is 0.450 e. The summed E-state index contributed by atoms with van der Waals surface area (Å²) in [7, 11) is -1.39. The number of primary amides is 1. The molecule has 6 N–H and O–H groups in total. The Hall–Kier alpha value is -3.12. The lowest BCUT2D eigenvalue weighted by molar-refractivity contribution is 0.0962. The van der Waals surface area contributed by atoms with Gasteiger partial charge in [0.25, 0.3) is 0 Å². The summed E-state index contributed by atoms with van der Waals surface area (Å²) in [5.74, 6) is -1.07. The van der Waals surface area contributed by atoms with Gasteiger partial charge in [0.2, 0.25) is 11.6 Å². The molecule has 2 atom stereocenters. The Labute approximate surface area is 185 Å². The van der Waals surface area contributed by atoms with Gasteiger partial charge in [-0.1, -0.05) is 19.6 Å². The minimum absolute atomic E-state index is 0.0186. The molecule has 0 saturated carbocycles. The molecule has 32 heavy (non-hydrogen) atoms. The number of hydrogen-bond acceptors (Lipinski definition) is 8. The zero-order valence-corrected chi connectivity index (χ0v) is 19.5. The molecule has 0 bridgehead atoms. The van der Waals surface area contributed by atoms with E-state index in [4.69, 9.17) is 20.9 Å². The molecule has 0 aromatic carbocycles. The van der Waals surface area contributed by atoms with Crippen LogP contribution in [0.5, 0.6) is 0 Å². The average molecular weight is 465 g/mol. The van der Waals surface area contributed by atoms with Crippen LogP contribution in [0.4, 0.5) is 9.59 Å². The van der Waals surface area contributed by atoms with Gasteiger partial charge in [-0.05, 0) is 13.0 Å². The summed E-state index contributed by atoms with van der Waals surface area (Å²) in [5, 5.41) is 13.5. The van der Waals surface area contributed by atoms with Crippen LogP contribution in [0.1, 0.15) is 45.1 Å². The van der Waals surface area contributed by atoms with E-state index in [0.29, 0.717) is 0 Å². The molecule has 2 aliphatic rings. The Morgan fingerprint density at radius 2 is 1.88 bits per heavy atom. The van der Waals surface area contributed by atoms with Gasteiger partial charge in [0.15, 0.2) is 0 Å². The molecule has 1 aliphatic carbocycles. The number of rotatable bonds is 6. The van der Waals surface area contributed by atoms with Crippen molar-refractivity contribution in [3.63, 3.8) is 0 Å². The van der Waals surface area contributed by atoms with Crippen LogP contribution in [0, 0.1) is 0 Å². The fraction of sp³-hybridized carbons (Fsp3) is 0.500. The number of aliphatic hydroxyl groups excluding tert-OH is 1. The van der Waals surface area contributed by atoms with E-state index in [2.05, 4.69) is 25.0 Å². The lowest BCUT2D eigenvalue weighted by atomic mass is 9.89. The first kappa shape index (κ1) is 23.5. The van der Waals surface area contributed by atoms with E-state index >= 15 is 0 Å². The van der Waals surface area contributed by atoms with Crippen molar-refractivity contribution >= 4 is 31.8 Å². The van der Waals surface area contributed by atoms with Crippen LogP contribution in [0.25, 0.3) is 0 Å². The summed E-state index contributed by atoms with van der Waals surface area (Å²) >= 11 is 0. The Morgan fingerprint density at radius 1 is 1.22 bits per heavy atom. The molecule has 174 valence electrons. The van der Waals surface area contributed by atoms with Crippen LogP contribution >= 0.6 is 0 Å². The third kappa shape index (κ3) is 4.28. The summed E-state index contributed by atoms with van der Waals surface area (Å²) < 4.78 is 11.5. The molecule has 0 unspecified atom stereocenters. The quantitative estimate of drug-likeness (QED) is 0.453. The molecule has 2 heterocycles. The van der Waals surface area contributed by atoms with Gasteiger partial charge in [-0.25, -0.2) is 9.59 Å². The van der Waals surface area contributed by atoms with Crippen LogP contribution in [0.3, 0.4) is 0 Å². The second-order valence-electron chi connectivity index (χ2n) is 9.14. The Kier molecular flexibility index (Phi) is 6.20. The number of fused-ring (bicyclic) bond motifs is 3. The summed E-state index contributed by atoms with van der Waals surface area (Å²) in [4.78, 5) is 49.1. The number of aliphatic hydroxyl groups is 1. The summed E-state index contributed by atoms with van der Waals surface area (Å²) in [6.07, 6.45) is -3.05. The normalized spacial score (nSPS) is 20.2. The molecule has 1 aromatic rings. The highest BCUT2D eigenvalue weighted by atomic mass is 28.3. The van der Waals surface area contributed by atoms with E-state index in [1.165, 1.54) is 11.5 Å². The van der Waals surface area contributed by atoms with Gasteiger partial charge in [0, 0.05) is 25.8 Å². The number of Topliss-reactive ketones (excluding diaryl/α,β-unsaturated/α-hetero) is 2. The topological polar surface area (TPSA) is 176 Å². The number of ketones is 2. The number of nitrogens with zero attached hydrogens (tertiary/aromatic N) is 1. The highest BCUT2D eigenvalue weighted by molar-refractivity contribution is 6.76. The first-order valence-corrected chi connectivity index (χ1v) is 13.9. The fourth-order valence-electron chi connectivity index (χ4n) is 3.85. The van der Waals surface area contributed by atoms with Crippen molar-refractivity contribution in [3.8, 4) is 0 Å². The van der Waals surface area contributed by atoms with Crippen molar-refractivity contribution in [1.29, 1.82) is 0 Å². The second-order valence-corrected chi connectivity index (χ2v) is 14.8. The number of carbonyl (C=O) groups is 4. The number of nitrogens with two attached hydrogens (primary N) is 2. The van der Waals surface area contributed by atoms with Gasteiger partial charge in [-0.15, -0.1) is 0 Å². The SMILES string of the molecule is CC1=C(N)C(=O)c2c(COC(N)=O)c3n(c2C1=O)C[C@H](NC(=O)OCC[Si](C)(C)C)[C@H]3O. The van der Waals surface area contributed by atoms with Gasteiger partial charge < -0.3 is 35.9 Å². The third-order valence-electron chi connectivity index (χ3n) is 5.63. The highest BCUT2D eigenvalue weighted by Crippen LogP contribution is 2.40. The van der Waals surface area contributed by atoms with Gasteiger partial charge in [0.05, 0.1) is 29.6 Å². The maximum atomic E-state index is 12.9. The molecule has 3 rings (SSSR count). The zero-order valence-electron chi connectivity index (χ0n) is 18.5. The minimum atomic E-state index is -1.39. The van der Waals surface area contributed by atoms with Crippen LogP contribution in [-0.4, -0.2) is 54.1 Å². The number of aromatic nitrogens is 1. The Balaban J connectivity index is 1.89. The standard InChI is InChI=1S/C20H28N4O7Si/c1-9-13(21)18(27)12-10(8-31-19(22)28)14-17(26)11(7-24(14)15(12)16(9)25)23-20(29)30-5-6-32(2,3)4/h11,17,26H,5-8,21H2,1-4H3,(H2,22,28)(H,23,29)/t11-,17+/m0/s1. The first-order chi connectivity index (χ1) is 14.8. The molecule has 12 heteroatoms. The molecule has 0 spiro atoms. The molecule has 1 aromatic heterocycles. The molecule has 0 fully saturated rings. The maximum Gasteiger partial charge on any atom is 0.407 e. The monoisotopic (exact) mass is 464 g/mol. The number of ether oxygens (including phenoxy) is 2. The number of hydrogen-bond donors (Lipinski definition) is 4. The first-order valence-electron chi connectivity index (χ1n) is 10.2. The minimum Gasteiger partial charge on any atom is -0.450 e. The third-order valence-corrected chi connectivity index (χ3v) is 7.33. The zero-order chi connectivity index (χ0) is 24.0. The molecule has 1 aliphatic heterocycles. The van der Waals surface area contributed by atoms with Gasteiger partial charge in [-0.2, -0.15) is 0 Å². The molecular formula is C20H28N4O7Si. The molecule has 11 nitrogen and oxygen atoms in total. The molecule has 0 saturated heterocycles. The molecule has 2 amide bonds. The average Bonchev–Trinajstić information content (AvgIpc) is 3.16. The van der Waals surface area contributed by atoms with Crippen molar-refractivity contribution in [2.45, 2.75) is 57.9 Å². The van der Waals surface area contributed by atoms with Crippen LogP contribution in [0.15, 0.2) is 11.3 Å². The van der Waals surface area contributed by atoms with Gasteiger partial charge >= 0.3 is 12.2 Å². The fourth-order valence-corrected chi connectivity index (χ4v) is 4.56. The maximum absolute atomic E-state index is 12.9. The number of nitrogens with one attached hydrogen (secondary N) is 1. The Bertz CT molecular complexity index is 1040. The summed E-state index contributed by atoms with van der Waals surface area (Å²) in [6, 6.07) is -0.0205. The van der Waals surface area contributed by atoms with E-state index in [1.54, 1.807) is 0 Å². The van der Waals surface area contributed by atoms with Gasteiger partial charge in [-0.3, -0.25) is 9.59 Å². The summed E-state index contributed by atoms with van der Waals surface area (Å²) in [6.45, 7) is 7.75. The number of alkyl carbamates (subject to hydrolysis) is 1. The van der Waals surface area contributed by atoms with Crippen molar-refractivity contribution < 1.29 is 33.8 Å². The highest BCUT2D eigenvalue weighted by Gasteiger charge is 2.44. The number of allylic oxidation sites excluding steroid dienone is 2.